The van der Waals surface area contributed by atoms with Gasteiger partial charge in [0.15, 0.2) is 0 Å². The highest BCUT2D eigenvalue weighted by Crippen LogP contribution is 2.25. The Morgan fingerprint density at radius 2 is 1.67 bits per heavy atom. The van der Waals surface area contributed by atoms with Crippen LogP contribution in [0.15, 0.2) is 24.3 Å². The van der Waals surface area contributed by atoms with Crippen molar-refractivity contribution in [2.75, 3.05) is 0 Å². The fraction of sp³-hybridized carbons (Fsp3) is 0.650. The lowest BCUT2D eigenvalue weighted by molar-refractivity contribution is -0.148. The Kier molecular flexibility index (Phi) is 10.3. The van der Waals surface area contributed by atoms with Gasteiger partial charge in [-0.25, -0.2) is 4.39 Å². The van der Waals surface area contributed by atoms with Gasteiger partial charge in [0.1, 0.15) is 11.4 Å². The lowest BCUT2D eigenvalue weighted by Crippen LogP contribution is -2.17. The summed E-state index contributed by atoms with van der Waals surface area (Å²) in [6.45, 7) is 11.1. The van der Waals surface area contributed by atoms with Crippen molar-refractivity contribution in [3.8, 4) is 5.75 Å². The predicted molar refractivity (Wildman–Crippen MR) is 96.8 cm³/mol. The van der Waals surface area contributed by atoms with Crippen LogP contribution >= 0.6 is 0 Å². The van der Waals surface area contributed by atoms with Crippen LogP contribution in [0.3, 0.4) is 0 Å². The first kappa shape index (κ1) is 22.4. The second kappa shape index (κ2) is 11.1. The fourth-order valence-electron chi connectivity index (χ4n) is 2.31. The van der Waals surface area contributed by atoms with E-state index in [1.807, 2.05) is 13.8 Å². The van der Waals surface area contributed by atoms with Gasteiger partial charge in [0, 0.05) is 6.42 Å². The molecule has 0 saturated carbocycles. The van der Waals surface area contributed by atoms with E-state index in [4.69, 9.17) is 9.84 Å². The smallest absolute Gasteiger partial charge is 0.305 e. The summed E-state index contributed by atoms with van der Waals surface area (Å²) in [6, 6.07) is 6.12. The summed E-state index contributed by atoms with van der Waals surface area (Å²) in [5.74, 6) is 0.774. The minimum atomic E-state index is -1.33. The zero-order chi connectivity index (χ0) is 18.8. The molecule has 1 aromatic carbocycles. The first-order valence-electron chi connectivity index (χ1n) is 8.81. The highest BCUT2D eigenvalue weighted by molar-refractivity contribution is 5.69. The molecule has 1 unspecified atom stereocenters. The van der Waals surface area contributed by atoms with E-state index in [0.29, 0.717) is 17.9 Å². The number of halogens is 1. The predicted octanol–water partition coefficient (Wildman–Crippen LogP) is 5.75. The number of esters is 1. The Labute approximate surface area is 146 Å². The van der Waals surface area contributed by atoms with Crippen LogP contribution in [0.2, 0.25) is 0 Å². The van der Waals surface area contributed by atoms with Crippen molar-refractivity contribution in [2.24, 2.45) is 5.92 Å². The van der Waals surface area contributed by atoms with Gasteiger partial charge < -0.3 is 9.84 Å². The average molecular weight is 340 g/mol. The summed E-state index contributed by atoms with van der Waals surface area (Å²) < 4.78 is 18.4. The molecular weight excluding hydrogens is 307 g/mol. The largest absolute Gasteiger partial charge is 0.508 e. The molecule has 3 nitrogen and oxygen atoms in total. The Morgan fingerprint density at radius 3 is 2.04 bits per heavy atom. The van der Waals surface area contributed by atoms with Crippen LogP contribution in [0.5, 0.6) is 5.75 Å². The molecule has 4 heteroatoms. The number of carbonyl (C=O) groups excluding carboxylic acids is 1. The van der Waals surface area contributed by atoms with Crippen molar-refractivity contribution in [2.45, 2.75) is 79.0 Å². The topological polar surface area (TPSA) is 46.5 Å². The lowest BCUT2D eigenvalue weighted by atomic mass is 9.97. The molecule has 0 bridgehead atoms. The van der Waals surface area contributed by atoms with Gasteiger partial charge in [-0.2, -0.15) is 0 Å². The van der Waals surface area contributed by atoms with Crippen LogP contribution in [-0.2, 0) is 15.2 Å². The Balaban J connectivity index is 0.000000446. The van der Waals surface area contributed by atoms with Gasteiger partial charge in [0.2, 0.25) is 0 Å². The summed E-state index contributed by atoms with van der Waals surface area (Å²) in [5, 5.41) is 8.90. The van der Waals surface area contributed by atoms with E-state index in [1.165, 1.54) is 38.8 Å². The number of carbonyl (C=O) groups is 1. The molecule has 0 spiro atoms. The molecule has 0 saturated heterocycles. The molecule has 1 aromatic rings. The van der Waals surface area contributed by atoms with Gasteiger partial charge in [0.25, 0.3) is 0 Å². The van der Waals surface area contributed by atoms with Crippen molar-refractivity contribution >= 4 is 5.97 Å². The van der Waals surface area contributed by atoms with Crippen molar-refractivity contribution in [1.82, 2.24) is 0 Å². The maximum Gasteiger partial charge on any atom is 0.305 e. The first-order valence-corrected chi connectivity index (χ1v) is 8.81. The van der Waals surface area contributed by atoms with Gasteiger partial charge in [-0.1, -0.05) is 45.7 Å². The minimum absolute atomic E-state index is 0.0809. The number of hydrogen-bond acceptors (Lipinski definition) is 3. The molecule has 0 aliphatic rings. The van der Waals surface area contributed by atoms with E-state index in [1.54, 1.807) is 12.1 Å². The van der Waals surface area contributed by atoms with Crippen molar-refractivity contribution < 1.29 is 19.0 Å². The average Bonchev–Trinajstić information content (AvgIpc) is 2.52. The molecule has 24 heavy (non-hydrogen) atoms. The number of rotatable bonds is 7. The van der Waals surface area contributed by atoms with E-state index < -0.39 is 5.67 Å². The molecule has 0 heterocycles. The molecule has 1 rings (SSSR count). The minimum Gasteiger partial charge on any atom is -0.508 e. The zero-order valence-electron chi connectivity index (χ0n) is 15.9. The van der Waals surface area contributed by atoms with Crippen molar-refractivity contribution in [1.29, 1.82) is 0 Å². The molecular formula is C20H33FO3. The van der Waals surface area contributed by atoms with E-state index in [0.717, 1.165) is 6.42 Å². The number of phenolic OH excluding ortho intramolecular Hbond substituents is 1. The van der Waals surface area contributed by atoms with E-state index >= 15 is 0 Å². The summed E-state index contributed by atoms with van der Waals surface area (Å²) in [5.41, 5.74) is -0.747. The maximum atomic E-state index is 13.2. The third kappa shape index (κ3) is 9.53. The molecule has 1 N–H and O–H groups in total. The second-order valence-electron chi connectivity index (χ2n) is 6.59. The Morgan fingerprint density at radius 1 is 1.17 bits per heavy atom. The molecule has 0 aromatic heterocycles. The van der Waals surface area contributed by atoms with Gasteiger partial charge in [-0.05, 0) is 50.8 Å². The van der Waals surface area contributed by atoms with Crippen LogP contribution in [0.1, 0.15) is 72.8 Å². The number of aromatic hydroxyl groups is 1. The quantitative estimate of drug-likeness (QED) is 0.643. The van der Waals surface area contributed by atoms with E-state index in [9.17, 15) is 9.18 Å². The normalized spacial score (nSPS) is 12.3. The highest BCUT2D eigenvalue weighted by atomic mass is 19.1. The molecule has 0 amide bonds. The van der Waals surface area contributed by atoms with E-state index in [2.05, 4.69) is 13.8 Å². The summed E-state index contributed by atoms with van der Waals surface area (Å²) in [4.78, 5) is 11.0. The standard InChI is InChI=1S/C11H22O2.C9H11FO/c1-5-10(6-2)8-9(4)13-11(12)7-3;1-9(2,10)7-3-5-8(11)6-4-7/h9-10H,5-8H2,1-4H3;3-6,11H,1-2H3. The monoisotopic (exact) mass is 340 g/mol. The Bertz CT molecular complexity index is 459. The fourth-order valence-corrected chi connectivity index (χ4v) is 2.31. The molecule has 138 valence electrons. The maximum absolute atomic E-state index is 13.2. The third-order valence-corrected chi connectivity index (χ3v) is 4.00. The SMILES string of the molecule is CC(C)(F)c1ccc(O)cc1.CCC(=O)OC(C)CC(CC)CC. The van der Waals surface area contributed by atoms with Crippen molar-refractivity contribution in [3.05, 3.63) is 29.8 Å². The van der Waals surface area contributed by atoms with E-state index in [-0.39, 0.29) is 17.8 Å². The highest BCUT2D eigenvalue weighted by Gasteiger charge is 2.17. The molecule has 0 radical (unpaired) electrons. The summed E-state index contributed by atoms with van der Waals surface area (Å²) in [7, 11) is 0. The summed E-state index contributed by atoms with van der Waals surface area (Å²) in [6.07, 6.45) is 3.90. The number of benzene rings is 1. The van der Waals surface area contributed by atoms with Gasteiger partial charge >= 0.3 is 5.97 Å². The van der Waals surface area contributed by atoms with Crippen LogP contribution in [0, 0.1) is 5.92 Å². The summed E-state index contributed by atoms with van der Waals surface area (Å²) >= 11 is 0. The number of ether oxygens (including phenoxy) is 1. The molecule has 0 fully saturated rings. The van der Waals surface area contributed by atoms with Gasteiger partial charge in [-0.15, -0.1) is 0 Å². The van der Waals surface area contributed by atoms with Crippen LogP contribution in [0.4, 0.5) is 4.39 Å². The van der Waals surface area contributed by atoms with Crippen LogP contribution in [0.25, 0.3) is 0 Å². The van der Waals surface area contributed by atoms with Crippen LogP contribution < -0.4 is 0 Å². The Hall–Kier alpha value is -1.58. The zero-order valence-corrected chi connectivity index (χ0v) is 15.9. The van der Waals surface area contributed by atoms with Gasteiger partial charge in [0.05, 0.1) is 6.10 Å². The van der Waals surface area contributed by atoms with Crippen LogP contribution in [-0.4, -0.2) is 17.2 Å². The first-order chi connectivity index (χ1) is 11.1. The lowest BCUT2D eigenvalue weighted by Gasteiger charge is -2.18. The second-order valence-corrected chi connectivity index (χ2v) is 6.59. The molecule has 0 aliphatic heterocycles. The molecule has 0 aliphatic carbocycles. The number of phenols is 1. The van der Waals surface area contributed by atoms with Crippen molar-refractivity contribution in [3.63, 3.8) is 0 Å². The number of hydrogen-bond donors (Lipinski definition) is 1. The molecule has 1 atom stereocenters. The third-order valence-electron chi connectivity index (χ3n) is 4.00. The van der Waals surface area contributed by atoms with Gasteiger partial charge in [-0.3, -0.25) is 4.79 Å². The number of alkyl halides is 1.